The van der Waals surface area contributed by atoms with Gasteiger partial charge in [-0.2, -0.15) is 0 Å². The van der Waals surface area contributed by atoms with E-state index in [-0.39, 0.29) is 0 Å². The Morgan fingerprint density at radius 2 is 1.95 bits per heavy atom. The number of nitrogens with zero attached hydrogens (tertiary/aromatic N) is 1. The van der Waals surface area contributed by atoms with E-state index in [1.54, 1.807) is 0 Å². The fourth-order valence-corrected chi connectivity index (χ4v) is 2.89. The average molecular weight is 347 g/mol. The normalized spacial score (nSPS) is 12.2. The lowest BCUT2D eigenvalue weighted by Gasteiger charge is -2.25. The van der Waals surface area contributed by atoms with E-state index in [1.165, 1.54) is 22.4 Å². The highest BCUT2D eigenvalue weighted by Crippen LogP contribution is 2.30. The van der Waals surface area contributed by atoms with Gasteiger partial charge < -0.3 is 10.2 Å². The second-order valence-electron chi connectivity index (χ2n) is 5.56. The number of benzene rings is 2. The number of nitrogens with one attached hydrogen (secondary N) is 1. The molecule has 0 saturated heterocycles. The molecular formula is C18H23BrN2. The minimum atomic E-state index is 0.327. The van der Waals surface area contributed by atoms with Gasteiger partial charge in [0.2, 0.25) is 0 Å². The van der Waals surface area contributed by atoms with Crippen LogP contribution in [-0.4, -0.2) is 14.1 Å². The molecule has 3 heteroatoms. The zero-order valence-corrected chi connectivity index (χ0v) is 14.7. The lowest BCUT2D eigenvalue weighted by Crippen LogP contribution is -2.21. The molecular weight excluding hydrogens is 324 g/mol. The predicted molar refractivity (Wildman–Crippen MR) is 94.9 cm³/mol. The van der Waals surface area contributed by atoms with Crippen LogP contribution in [-0.2, 0) is 6.54 Å². The van der Waals surface area contributed by atoms with Gasteiger partial charge in [0.25, 0.3) is 0 Å². The van der Waals surface area contributed by atoms with Crippen molar-refractivity contribution in [3.8, 4) is 0 Å². The van der Waals surface area contributed by atoms with Crippen molar-refractivity contribution in [2.24, 2.45) is 0 Å². The summed E-state index contributed by atoms with van der Waals surface area (Å²) in [6.45, 7) is 5.23. The van der Waals surface area contributed by atoms with Gasteiger partial charge in [-0.15, -0.1) is 0 Å². The second-order valence-corrected chi connectivity index (χ2v) is 6.47. The van der Waals surface area contributed by atoms with Gasteiger partial charge in [-0.05, 0) is 44.2 Å². The molecule has 1 unspecified atom stereocenters. The third kappa shape index (κ3) is 4.08. The standard InChI is InChI=1S/C18H23BrN2/c1-13-6-5-7-15(10-13)12-21(4)18-11-16(19)8-9-17(18)14(2)20-3/h5-11,14,20H,12H2,1-4H3. The fraction of sp³-hybridized carbons (Fsp3) is 0.333. The molecule has 2 aromatic carbocycles. The molecule has 0 aliphatic rings. The number of anilines is 1. The molecule has 0 aromatic heterocycles. The van der Waals surface area contributed by atoms with Gasteiger partial charge in [-0.25, -0.2) is 0 Å². The lowest BCUT2D eigenvalue weighted by molar-refractivity contribution is 0.649. The molecule has 0 heterocycles. The van der Waals surface area contributed by atoms with Crippen molar-refractivity contribution in [1.29, 1.82) is 0 Å². The van der Waals surface area contributed by atoms with Gasteiger partial charge in [-0.3, -0.25) is 0 Å². The van der Waals surface area contributed by atoms with Crippen LogP contribution in [0.2, 0.25) is 0 Å². The summed E-state index contributed by atoms with van der Waals surface area (Å²) < 4.78 is 1.11. The maximum atomic E-state index is 3.59. The van der Waals surface area contributed by atoms with Crippen LogP contribution < -0.4 is 10.2 Å². The summed E-state index contributed by atoms with van der Waals surface area (Å²) in [7, 11) is 4.15. The van der Waals surface area contributed by atoms with Crippen molar-refractivity contribution >= 4 is 21.6 Å². The summed E-state index contributed by atoms with van der Waals surface area (Å²) >= 11 is 3.59. The molecule has 0 fully saturated rings. The van der Waals surface area contributed by atoms with Crippen LogP contribution in [0.25, 0.3) is 0 Å². The lowest BCUT2D eigenvalue weighted by atomic mass is 10.0. The Labute approximate surface area is 136 Å². The topological polar surface area (TPSA) is 15.3 Å². The first kappa shape index (κ1) is 16.1. The number of rotatable bonds is 5. The summed E-state index contributed by atoms with van der Waals surface area (Å²) in [5.74, 6) is 0. The molecule has 2 rings (SSSR count). The first-order valence-electron chi connectivity index (χ1n) is 7.24. The monoisotopic (exact) mass is 346 g/mol. The highest BCUT2D eigenvalue weighted by molar-refractivity contribution is 9.10. The first-order chi connectivity index (χ1) is 10.0. The van der Waals surface area contributed by atoms with Crippen LogP contribution in [0.4, 0.5) is 5.69 Å². The summed E-state index contributed by atoms with van der Waals surface area (Å²) in [4.78, 5) is 2.31. The van der Waals surface area contributed by atoms with E-state index in [4.69, 9.17) is 0 Å². The van der Waals surface area contributed by atoms with Gasteiger partial charge in [0.1, 0.15) is 0 Å². The number of halogens is 1. The van der Waals surface area contributed by atoms with E-state index >= 15 is 0 Å². The predicted octanol–water partition coefficient (Wildman–Crippen LogP) is 4.67. The fourth-order valence-electron chi connectivity index (χ4n) is 2.54. The Morgan fingerprint density at radius 1 is 1.19 bits per heavy atom. The Hall–Kier alpha value is -1.32. The highest BCUT2D eigenvalue weighted by Gasteiger charge is 2.13. The molecule has 0 aliphatic heterocycles. The highest BCUT2D eigenvalue weighted by atomic mass is 79.9. The minimum absolute atomic E-state index is 0.327. The van der Waals surface area contributed by atoms with Crippen LogP contribution in [0, 0.1) is 6.92 Å². The zero-order chi connectivity index (χ0) is 15.4. The quantitative estimate of drug-likeness (QED) is 0.845. The van der Waals surface area contributed by atoms with Crippen molar-refractivity contribution in [3.63, 3.8) is 0 Å². The maximum absolute atomic E-state index is 3.59. The summed E-state index contributed by atoms with van der Waals surface area (Å²) in [6, 6.07) is 15.5. The summed E-state index contributed by atoms with van der Waals surface area (Å²) in [6.07, 6.45) is 0. The van der Waals surface area contributed by atoms with Crippen molar-refractivity contribution in [1.82, 2.24) is 5.32 Å². The van der Waals surface area contributed by atoms with Gasteiger partial charge in [0, 0.05) is 29.8 Å². The molecule has 1 N–H and O–H groups in total. The Morgan fingerprint density at radius 3 is 2.62 bits per heavy atom. The zero-order valence-electron chi connectivity index (χ0n) is 13.2. The molecule has 0 aliphatic carbocycles. The second kappa shape index (κ2) is 7.10. The van der Waals surface area contributed by atoms with Crippen molar-refractivity contribution in [2.75, 3.05) is 19.0 Å². The van der Waals surface area contributed by atoms with Crippen molar-refractivity contribution in [2.45, 2.75) is 26.4 Å². The van der Waals surface area contributed by atoms with E-state index in [0.717, 1.165) is 11.0 Å². The van der Waals surface area contributed by atoms with E-state index < -0.39 is 0 Å². The smallest absolute Gasteiger partial charge is 0.0426 e. The molecule has 2 aromatic rings. The van der Waals surface area contributed by atoms with Crippen LogP contribution in [0.15, 0.2) is 46.9 Å². The van der Waals surface area contributed by atoms with Crippen LogP contribution in [0.3, 0.4) is 0 Å². The maximum Gasteiger partial charge on any atom is 0.0426 e. The van der Waals surface area contributed by atoms with Crippen molar-refractivity contribution < 1.29 is 0 Å². The van der Waals surface area contributed by atoms with Crippen LogP contribution in [0.5, 0.6) is 0 Å². The van der Waals surface area contributed by atoms with Gasteiger partial charge >= 0.3 is 0 Å². The molecule has 0 amide bonds. The van der Waals surface area contributed by atoms with E-state index in [0.29, 0.717) is 6.04 Å². The largest absolute Gasteiger partial charge is 0.370 e. The van der Waals surface area contributed by atoms with Crippen LogP contribution in [0.1, 0.15) is 29.7 Å². The number of hydrogen-bond acceptors (Lipinski definition) is 2. The summed E-state index contributed by atoms with van der Waals surface area (Å²) in [5.41, 5.74) is 5.21. The Kier molecular flexibility index (Phi) is 5.43. The third-order valence-electron chi connectivity index (χ3n) is 3.81. The van der Waals surface area contributed by atoms with E-state index in [2.05, 4.69) is 89.5 Å². The summed E-state index contributed by atoms with van der Waals surface area (Å²) in [5, 5.41) is 3.33. The molecule has 0 radical (unpaired) electrons. The molecule has 1 atom stereocenters. The molecule has 0 bridgehead atoms. The van der Waals surface area contributed by atoms with Gasteiger partial charge in [-0.1, -0.05) is 51.8 Å². The Bertz CT molecular complexity index is 610. The molecule has 112 valence electrons. The average Bonchev–Trinajstić information content (AvgIpc) is 2.46. The van der Waals surface area contributed by atoms with Gasteiger partial charge in [0.15, 0.2) is 0 Å². The molecule has 0 saturated carbocycles. The van der Waals surface area contributed by atoms with E-state index in [9.17, 15) is 0 Å². The molecule has 2 nitrogen and oxygen atoms in total. The van der Waals surface area contributed by atoms with Crippen molar-refractivity contribution in [3.05, 3.63) is 63.6 Å². The minimum Gasteiger partial charge on any atom is -0.370 e. The molecule has 21 heavy (non-hydrogen) atoms. The number of aryl methyl sites for hydroxylation is 1. The Balaban J connectivity index is 2.29. The third-order valence-corrected chi connectivity index (χ3v) is 4.30. The first-order valence-corrected chi connectivity index (χ1v) is 8.04. The van der Waals surface area contributed by atoms with Crippen LogP contribution >= 0.6 is 15.9 Å². The van der Waals surface area contributed by atoms with E-state index in [1.807, 2.05) is 7.05 Å². The number of hydrogen-bond donors (Lipinski definition) is 1. The van der Waals surface area contributed by atoms with Gasteiger partial charge in [0.05, 0.1) is 0 Å². The SMILES string of the molecule is CNC(C)c1ccc(Br)cc1N(C)Cc1cccc(C)c1. The molecule has 0 spiro atoms.